The van der Waals surface area contributed by atoms with E-state index in [2.05, 4.69) is 77.5 Å². The van der Waals surface area contributed by atoms with Crippen LogP contribution >= 0.6 is 7.82 Å². The van der Waals surface area contributed by atoms with Gasteiger partial charge in [-0.1, -0.05) is 93.9 Å². The summed E-state index contributed by atoms with van der Waals surface area (Å²) in [6, 6.07) is 0. The second-order valence-electron chi connectivity index (χ2n) is 10.0. The lowest BCUT2D eigenvalue weighted by molar-refractivity contribution is -0.147. The number of unbranched alkanes of at least 4 members (excludes halogenated alkanes) is 5. The van der Waals surface area contributed by atoms with Crippen LogP contribution in [0.1, 0.15) is 104 Å². The van der Waals surface area contributed by atoms with Gasteiger partial charge in [0, 0.05) is 19.4 Å². The van der Waals surface area contributed by atoms with E-state index in [1.807, 2.05) is 6.92 Å². The van der Waals surface area contributed by atoms with E-state index in [1.165, 1.54) is 0 Å². The molecule has 0 aromatic carbocycles. The number of hydrogen-bond acceptors (Lipinski definition) is 7. The van der Waals surface area contributed by atoms with Crippen molar-refractivity contribution >= 4 is 19.7 Å². The first-order valence-electron chi connectivity index (χ1n) is 15.8. The molecule has 1 amide bonds. The summed E-state index contributed by atoms with van der Waals surface area (Å²) in [5.74, 6) is -0.599. The van der Waals surface area contributed by atoms with Crippen molar-refractivity contribution < 1.29 is 37.9 Å². The van der Waals surface area contributed by atoms with Crippen molar-refractivity contribution in [1.82, 2.24) is 5.32 Å². The Morgan fingerprint density at radius 1 is 0.744 bits per heavy atom. The normalized spacial score (nSPS) is 14.4. The minimum Gasteiger partial charge on any atom is -0.463 e. The molecule has 2 unspecified atom stereocenters. The zero-order chi connectivity index (χ0) is 31.9. The van der Waals surface area contributed by atoms with Crippen LogP contribution in [-0.4, -0.2) is 54.3 Å². The van der Waals surface area contributed by atoms with Crippen molar-refractivity contribution in [3.05, 3.63) is 60.8 Å². The minimum atomic E-state index is -4.39. The van der Waals surface area contributed by atoms with Crippen LogP contribution in [-0.2, 0) is 27.9 Å². The maximum absolute atomic E-state index is 11.9. The number of rotatable bonds is 28. The number of nitrogens with one attached hydrogen (secondary N) is 1. The number of allylic oxidation sites excluding steroid dienone is 10. The van der Waals surface area contributed by atoms with E-state index in [0.717, 1.165) is 70.6 Å². The van der Waals surface area contributed by atoms with Crippen molar-refractivity contribution in [2.75, 3.05) is 26.4 Å². The molecule has 0 rings (SSSR count). The molecule has 0 bridgehead atoms. The topological polar surface area (TPSA) is 131 Å². The van der Waals surface area contributed by atoms with Gasteiger partial charge in [0.15, 0.2) is 0 Å². The Kier molecular flexibility index (Phi) is 28.2. The highest BCUT2D eigenvalue weighted by atomic mass is 31.2. The largest absolute Gasteiger partial charge is 0.472 e. The molecule has 2 atom stereocenters. The van der Waals surface area contributed by atoms with Gasteiger partial charge < -0.3 is 20.1 Å². The van der Waals surface area contributed by atoms with E-state index < -0.39 is 26.5 Å². The van der Waals surface area contributed by atoms with Gasteiger partial charge in [-0.3, -0.25) is 18.6 Å². The highest BCUT2D eigenvalue weighted by Gasteiger charge is 2.23. The van der Waals surface area contributed by atoms with Crippen molar-refractivity contribution in [3.63, 3.8) is 0 Å². The Morgan fingerprint density at radius 2 is 1.30 bits per heavy atom. The Hall–Kier alpha value is -2.29. The quantitative estimate of drug-likeness (QED) is 0.0354. The fourth-order valence-corrected chi connectivity index (χ4v) is 4.37. The average molecular weight is 626 g/mol. The molecule has 0 aromatic heterocycles. The molecule has 10 heteroatoms. The number of esters is 1. The van der Waals surface area contributed by atoms with Crippen LogP contribution in [0.5, 0.6) is 0 Å². The lowest BCUT2D eigenvalue weighted by Gasteiger charge is -2.15. The maximum Gasteiger partial charge on any atom is 0.472 e. The summed E-state index contributed by atoms with van der Waals surface area (Å²) in [5, 5.41) is 12.3. The Labute approximate surface area is 259 Å². The number of carbonyl (C=O) groups is 2. The zero-order valence-corrected chi connectivity index (χ0v) is 27.3. The van der Waals surface area contributed by atoms with Gasteiger partial charge in [0.2, 0.25) is 5.91 Å². The second-order valence-corrected chi connectivity index (χ2v) is 11.5. The smallest absolute Gasteiger partial charge is 0.463 e. The Balaban J connectivity index is 3.63. The van der Waals surface area contributed by atoms with E-state index in [1.54, 1.807) is 0 Å². The predicted molar refractivity (Wildman–Crippen MR) is 173 cm³/mol. The van der Waals surface area contributed by atoms with E-state index in [-0.39, 0.29) is 32.1 Å². The van der Waals surface area contributed by atoms with Crippen LogP contribution in [0.2, 0.25) is 0 Å². The Morgan fingerprint density at radius 3 is 1.91 bits per heavy atom. The summed E-state index contributed by atoms with van der Waals surface area (Å²) < 4.78 is 26.1. The van der Waals surface area contributed by atoms with Crippen LogP contribution in [0.25, 0.3) is 0 Å². The van der Waals surface area contributed by atoms with Crippen LogP contribution in [0, 0.1) is 0 Å². The van der Waals surface area contributed by atoms with E-state index in [0.29, 0.717) is 12.8 Å². The SMILES string of the molecule is CC/C=C\C/C=C\C/C=C\C/C=C\C/C=C\CCCCCCCC(=O)NCCOP(=O)(O)OCC(O)COC(=O)CCC. The fraction of sp³-hybridized carbons (Fsp3) is 0.636. The third kappa shape index (κ3) is 31.0. The van der Waals surface area contributed by atoms with Gasteiger partial charge in [-0.15, -0.1) is 0 Å². The summed E-state index contributed by atoms with van der Waals surface area (Å²) in [4.78, 5) is 32.8. The average Bonchev–Trinajstić information content (AvgIpc) is 2.98. The third-order valence-electron chi connectivity index (χ3n) is 5.93. The van der Waals surface area contributed by atoms with Gasteiger partial charge in [0.05, 0.1) is 13.2 Å². The lowest BCUT2D eigenvalue weighted by Crippen LogP contribution is -2.27. The highest BCUT2D eigenvalue weighted by Crippen LogP contribution is 2.42. The molecule has 43 heavy (non-hydrogen) atoms. The van der Waals surface area contributed by atoms with Gasteiger partial charge >= 0.3 is 13.8 Å². The van der Waals surface area contributed by atoms with Crippen molar-refractivity contribution in [1.29, 1.82) is 0 Å². The molecule has 9 nitrogen and oxygen atoms in total. The van der Waals surface area contributed by atoms with E-state index >= 15 is 0 Å². The predicted octanol–water partition coefficient (Wildman–Crippen LogP) is 7.42. The number of hydrogen-bond donors (Lipinski definition) is 3. The van der Waals surface area contributed by atoms with Gasteiger partial charge in [0.1, 0.15) is 12.7 Å². The van der Waals surface area contributed by atoms with Crippen LogP contribution < -0.4 is 5.32 Å². The number of aliphatic hydroxyl groups is 1. The molecular formula is C33H56NO8P. The standard InChI is InChI=1S/C33H56NO8P/c1-3-5-6-7-8-9-10-11-12-13-14-15-16-17-18-19-20-21-22-23-24-26-32(36)34-27-28-41-43(38,39)42-30-31(35)29-40-33(37)25-4-2/h5-6,8-9,11-12,14-15,17-18,31,35H,3-4,7,10,13,16,19-30H2,1-2H3,(H,34,36)(H,38,39)/b6-5-,9-8-,12-11-,15-14-,18-17-. The number of amides is 1. The first-order valence-corrected chi connectivity index (χ1v) is 17.3. The number of ether oxygens (including phenoxy) is 1. The molecule has 246 valence electrons. The first kappa shape index (κ1) is 40.7. The zero-order valence-electron chi connectivity index (χ0n) is 26.4. The molecule has 0 saturated heterocycles. The Bertz CT molecular complexity index is 897. The molecule has 0 fully saturated rings. The van der Waals surface area contributed by atoms with Gasteiger partial charge in [-0.2, -0.15) is 0 Å². The van der Waals surface area contributed by atoms with Crippen molar-refractivity contribution in [3.8, 4) is 0 Å². The molecule has 0 aliphatic heterocycles. The molecule has 0 heterocycles. The molecule has 0 aliphatic rings. The minimum absolute atomic E-state index is 0.0666. The van der Waals surface area contributed by atoms with Gasteiger partial charge in [-0.05, 0) is 57.8 Å². The molecular weight excluding hydrogens is 569 g/mol. The number of phosphoric acid groups is 1. The van der Waals surface area contributed by atoms with Gasteiger partial charge in [0.25, 0.3) is 0 Å². The number of phosphoric ester groups is 1. The van der Waals surface area contributed by atoms with Crippen LogP contribution in [0.15, 0.2) is 60.8 Å². The van der Waals surface area contributed by atoms with E-state index in [4.69, 9.17) is 9.26 Å². The fourth-order valence-electron chi connectivity index (χ4n) is 3.62. The molecule has 0 radical (unpaired) electrons. The molecule has 0 spiro atoms. The van der Waals surface area contributed by atoms with Crippen LogP contribution in [0.4, 0.5) is 0 Å². The summed E-state index contributed by atoms with van der Waals surface area (Å²) in [7, 11) is -4.39. The molecule has 0 saturated carbocycles. The summed E-state index contributed by atoms with van der Waals surface area (Å²) in [5.41, 5.74) is 0. The van der Waals surface area contributed by atoms with Crippen molar-refractivity contribution in [2.24, 2.45) is 0 Å². The molecule has 0 aromatic rings. The summed E-state index contributed by atoms with van der Waals surface area (Å²) in [6.07, 6.45) is 33.2. The van der Waals surface area contributed by atoms with Crippen molar-refractivity contribution in [2.45, 2.75) is 110 Å². The first-order chi connectivity index (χ1) is 20.8. The highest BCUT2D eigenvalue weighted by molar-refractivity contribution is 7.47. The summed E-state index contributed by atoms with van der Waals surface area (Å²) in [6.45, 7) is 2.96. The third-order valence-corrected chi connectivity index (χ3v) is 6.92. The number of carbonyl (C=O) groups excluding carboxylic acids is 2. The van der Waals surface area contributed by atoms with Gasteiger partial charge in [-0.25, -0.2) is 4.57 Å². The second kappa shape index (κ2) is 29.8. The molecule has 3 N–H and O–H groups in total. The lowest BCUT2D eigenvalue weighted by atomic mass is 10.1. The number of aliphatic hydroxyl groups excluding tert-OH is 1. The van der Waals surface area contributed by atoms with E-state index in [9.17, 15) is 24.2 Å². The monoisotopic (exact) mass is 625 g/mol. The maximum atomic E-state index is 11.9. The van der Waals surface area contributed by atoms with Crippen LogP contribution in [0.3, 0.4) is 0 Å². The molecule has 0 aliphatic carbocycles. The summed E-state index contributed by atoms with van der Waals surface area (Å²) >= 11 is 0.